The molecule has 0 N–H and O–H groups in total. The molecule has 1 aliphatic heterocycles. The first-order chi connectivity index (χ1) is 8.03. The van der Waals surface area contributed by atoms with Gasteiger partial charge in [0.15, 0.2) is 0 Å². The average Bonchev–Trinajstić information content (AvgIpc) is 2.69. The zero-order valence-corrected chi connectivity index (χ0v) is 9.44. The molecule has 1 aliphatic rings. The molecule has 2 heterocycles. The molecule has 0 aliphatic carbocycles. The van der Waals surface area contributed by atoms with Crippen LogP contribution in [0.25, 0.3) is 0 Å². The van der Waals surface area contributed by atoms with Crippen LogP contribution in [-0.4, -0.2) is 28.1 Å². The highest BCUT2D eigenvalue weighted by atomic mass is 16.7. The lowest BCUT2D eigenvalue weighted by Gasteiger charge is -2.32. The van der Waals surface area contributed by atoms with Gasteiger partial charge in [-0.3, -0.25) is 4.68 Å². The Morgan fingerprint density at radius 3 is 2.40 bits per heavy atom. The summed E-state index contributed by atoms with van der Waals surface area (Å²) >= 11 is 0. The molecule has 0 unspecified atom stereocenters. The Hall–Kier alpha value is -0.805. The molecule has 1 fully saturated rings. The normalized spacial score (nSPS) is 27.2. The van der Waals surface area contributed by atoms with Crippen LogP contribution in [0.15, 0.2) is 12.3 Å². The first-order valence-corrected chi connectivity index (χ1v) is 4.95. The van der Waals surface area contributed by atoms with Crippen LogP contribution in [0.1, 0.15) is 31.8 Å². The van der Waals surface area contributed by atoms with Crippen molar-refractivity contribution >= 4 is 12.7 Å². The van der Waals surface area contributed by atoms with E-state index in [-0.39, 0.29) is 0 Å². The van der Waals surface area contributed by atoms with Crippen LogP contribution in [0.3, 0.4) is 0 Å². The number of nitrogens with zero attached hydrogens (tertiary/aromatic N) is 2. The summed E-state index contributed by atoms with van der Waals surface area (Å²) in [6.45, 7) is 5.48. The van der Waals surface area contributed by atoms with E-state index in [1.807, 2.05) is 27.7 Å². The third kappa shape index (κ3) is 1.70. The predicted molar refractivity (Wildman–Crippen MR) is 58.9 cm³/mol. The molecule has 1 aromatic rings. The third-order valence-electron chi connectivity index (χ3n) is 3.10. The highest BCUT2D eigenvalue weighted by Crippen LogP contribution is 2.36. The van der Waals surface area contributed by atoms with E-state index in [1.165, 1.54) is 6.20 Å². The van der Waals surface area contributed by atoms with Gasteiger partial charge in [0.05, 0.1) is 16.8 Å². The zero-order chi connectivity index (χ0) is 13.8. The number of aryl methyl sites for hydroxylation is 1. The average molecular weight is 211 g/mol. The minimum atomic E-state index is -2.28. The Bertz CT molecular complexity index is 440. The van der Waals surface area contributed by atoms with Crippen LogP contribution >= 0.6 is 0 Å². The molecule has 0 amide bonds. The lowest BCUT2D eigenvalue weighted by molar-refractivity contribution is 0.00578. The fourth-order valence-corrected chi connectivity index (χ4v) is 1.43. The smallest absolute Gasteiger partial charge is 0.398 e. The number of hydrogen-bond acceptors (Lipinski definition) is 3. The van der Waals surface area contributed by atoms with E-state index in [0.29, 0.717) is 5.59 Å². The summed E-state index contributed by atoms with van der Waals surface area (Å²) in [5.74, 6) is 0. The summed E-state index contributed by atoms with van der Waals surface area (Å²) in [7, 11) is -0.626. The molecule has 4 nitrogen and oxygen atoms in total. The maximum Gasteiger partial charge on any atom is 0.516 e. The largest absolute Gasteiger partial charge is 0.516 e. The molecule has 0 aromatic carbocycles. The van der Waals surface area contributed by atoms with Crippen LogP contribution in [0.4, 0.5) is 0 Å². The van der Waals surface area contributed by atoms with Gasteiger partial charge in [0.2, 0.25) is 0 Å². The Balaban J connectivity index is 2.23. The van der Waals surface area contributed by atoms with Gasteiger partial charge in [0.1, 0.15) is 0 Å². The van der Waals surface area contributed by atoms with E-state index in [2.05, 4.69) is 5.10 Å². The van der Waals surface area contributed by atoms with Crippen molar-refractivity contribution in [2.45, 2.75) is 38.9 Å². The Morgan fingerprint density at radius 1 is 1.33 bits per heavy atom. The first-order valence-electron chi connectivity index (χ1n) is 6.45. The number of aromatic nitrogens is 2. The molecule has 0 spiro atoms. The van der Waals surface area contributed by atoms with Crippen LogP contribution < -0.4 is 5.59 Å². The topological polar surface area (TPSA) is 36.3 Å². The molecule has 82 valence electrons. The number of rotatable bonds is 1. The standard InChI is InChI=1S/C10H17BN2O2/c1-9(2)10(3,4)15-11(14-9)8-6-7-13(5)12-8/h6-7H,1-5H3/i5D3. The molecule has 1 saturated heterocycles. The van der Waals surface area contributed by atoms with Crippen LogP contribution in [-0.2, 0) is 16.3 Å². The Labute approximate surface area is 94.9 Å². The third-order valence-corrected chi connectivity index (χ3v) is 3.10. The van der Waals surface area contributed by atoms with Gasteiger partial charge in [-0.2, -0.15) is 5.10 Å². The molecule has 0 saturated carbocycles. The van der Waals surface area contributed by atoms with Crippen molar-refractivity contribution in [3.8, 4) is 0 Å². The van der Waals surface area contributed by atoms with Gasteiger partial charge in [0, 0.05) is 17.3 Å². The highest BCUT2D eigenvalue weighted by molar-refractivity contribution is 6.61. The first kappa shape index (κ1) is 7.47. The van der Waals surface area contributed by atoms with Crippen LogP contribution in [0, 0.1) is 0 Å². The van der Waals surface area contributed by atoms with Gasteiger partial charge in [-0.25, -0.2) is 0 Å². The zero-order valence-electron chi connectivity index (χ0n) is 12.4. The van der Waals surface area contributed by atoms with E-state index in [9.17, 15) is 0 Å². The molecule has 0 atom stereocenters. The summed E-state index contributed by atoms with van der Waals surface area (Å²) in [6.07, 6.45) is 1.41. The Morgan fingerprint density at radius 2 is 1.93 bits per heavy atom. The monoisotopic (exact) mass is 211 g/mol. The molecular formula is C10H17BN2O2. The summed E-state index contributed by atoms with van der Waals surface area (Å²) in [6, 6.07) is 1.61. The number of hydrogen-bond donors (Lipinski definition) is 0. The molecule has 5 heteroatoms. The van der Waals surface area contributed by atoms with Crippen molar-refractivity contribution < 1.29 is 13.4 Å². The molecule has 1 aromatic heterocycles. The fourth-order valence-electron chi connectivity index (χ4n) is 1.43. The lowest BCUT2D eigenvalue weighted by Crippen LogP contribution is -2.41. The molecule has 0 bridgehead atoms. The maximum absolute atomic E-state index is 7.27. The van der Waals surface area contributed by atoms with Gasteiger partial charge in [0.25, 0.3) is 0 Å². The fraction of sp³-hybridized carbons (Fsp3) is 0.700. The Kier molecular flexibility index (Phi) is 1.54. The van der Waals surface area contributed by atoms with E-state index < -0.39 is 25.3 Å². The van der Waals surface area contributed by atoms with Crippen LogP contribution in [0.2, 0.25) is 0 Å². The summed E-state index contributed by atoms with van der Waals surface area (Å²) in [4.78, 5) is 0. The molecular weight excluding hydrogens is 191 g/mol. The van der Waals surface area contributed by atoms with Gasteiger partial charge in [-0.1, -0.05) is 0 Å². The summed E-state index contributed by atoms with van der Waals surface area (Å²) in [5, 5.41) is 4.00. The summed E-state index contributed by atoms with van der Waals surface area (Å²) < 4.78 is 34.3. The lowest BCUT2D eigenvalue weighted by atomic mass is 9.85. The van der Waals surface area contributed by atoms with Crippen LogP contribution in [0.5, 0.6) is 0 Å². The quantitative estimate of drug-likeness (QED) is 0.642. The second-order valence-corrected chi connectivity index (χ2v) is 4.77. The van der Waals surface area contributed by atoms with Gasteiger partial charge in [-0.05, 0) is 33.8 Å². The highest BCUT2D eigenvalue weighted by Gasteiger charge is 2.52. The van der Waals surface area contributed by atoms with Crippen molar-refractivity contribution in [1.82, 2.24) is 9.78 Å². The van der Waals surface area contributed by atoms with Crippen molar-refractivity contribution in [2.24, 2.45) is 6.98 Å². The van der Waals surface area contributed by atoms with Crippen molar-refractivity contribution in [2.75, 3.05) is 0 Å². The summed E-state index contributed by atoms with van der Waals surface area (Å²) in [5.41, 5.74) is -0.437. The van der Waals surface area contributed by atoms with E-state index in [0.717, 1.165) is 4.68 Å². The van der Waals surface area contributed by atoms with Gasteiger partial charge >= 0.3 is 7.12 Å². The van der Waals surface area contributed by atoms with Gasteiger partial charge in [-0.15, -0.1) is 0 Å². The second-order valence-electron chi connectivity index (χ2n) is 4.77. The molecule has 2 rings (SSSR count). The SMILES string of the molecule is [2H]C([2H])([2H])n1ccc(B2OC(C)(C)C(C)(C)O2)n1. The molecule has 0 radical (unpaired) electrons. The van der Waals surface area contributed by atoms with Crippen molar-refractivity contribution in [3.63, 3.8) is 0 Å². The van der Waals surface area contributed by atoms with Gasteiger partial charge < -0.3 is 9.31 Å². The van der Waals surface area contributed by atoms with E-state index >= 15 is 0 Å². The predicted octanol–water partition coefficient (Wildman–Crippen LogP) is 0.719. The molecule has 15 heavy (non-hydrogen) atoms. The minimum absolute atomic E-state index is 0.457. The maximum atomic E-state index is 7.27. The van der Waals surface area contributed by atoms with Crippen molar-refractivity contribution in [3.05, 3.63) is 12.3 Å². The second kappa shape index (κ2) is 3.09. The van der Waals surface area contributed by atoms with Crippen molar-refractivity contribution in [1.29, 1.82) is 0 Å². The minimum Gasteiger partial charge on any atom is -0.398 e. The van der Waals surface area contributed by atoms with E-state index in [4.69, 9.17) is 13.4 Å². The van der Waals surface area contributed by atoms with E-state index in [1.54, 1.807) is 6.07 Å².